The van der Waals surface area contributed by atoms with Gasteiger partial charge in [-0.15, -0.1) is 0 Å². The number of benzene rings is 1. The van der Waals surface area contributed by atoms with Crippen LogP contribution in [-0.2, 0) is 4.74 Å². The van der Waals surface area contributed by atoms with E-state index in [0.29, 0.717) is 17.9 Å². The number of nitrogens with one attached hydrogen (secondary N) is 1. The number of urea groups is 1. The fraction of sp³-hybridized carbons (Fsp3) is 0.556. The second-order valence-corrected chi connectivity index (χ2v) is 6.14. The molecule has 1 fully saturated rings. The Kier molecular flexibility index (Phi) is 7.06. The number of carbonyl (C=O) groups is 2. The average Bonchev–Trinajstić information content (AvgIpc) is 2.80. The van der Waals surface area contributed by atoms with E-state index in [2.05, 4.69) is 17.3 Å². The Balaban J connectivity index is 1.86. The molecule has 0 unspecified atom stereocenters. The van der Waals surface area contributed by atoms with Gasteiger partial charge in [0.05, 0.1) is 12.2 Å². The molecule has 1 aromatic carbocycles. The molecule has 0 aliphatic carbocycles. The fourth-order valence-electron chi connectivity index (χ4n) is 2.53. The van der Waals surface area contributed by atoms with Crippen molar-refractivity contribution in [3.8, 4) is 0 Å². The quantitative estimate of drug-likeness (QED) is 0.665. The van der Waals surface area contributed by atoms with E-state index in [1.165, 1.54) is 0 Å². The summed E-state index contributed by atoms with van der Waals surface area (Å²) in [5.41, 5.74) is 1.18. The van der Waals surface area contributed by atoms with E-state index in [1.54, 1.807) is 24.3 Å². The lowest BCUT2D eigenvalue weighted by molar-refractivity contribution is 0.0500. The second kappa shape index (κ2) is 9.27. The van der Waals surface area contributed by atoms with Gasteiger partial charge in [0, 0.05) is 25.3 Å². The normalized spacial score (nSPS) is 15.7. The van der Waals surface area contributed by atoms with Gasteiger partial charge in [-0.2, -0.15) is 0 Å². The van der Waals surface area contributed by atoms with Crippen LogP contribution in [0, 0.1) is 0 Å². The highest BCUT2D eigenvalue weighted by Gasteiger charge is 2.17. The largest absolute Gasteiger partial charge is 0.462 e. The molecular weight excluding hydrogens is 306 g/mol. The van der Waals surface area contributed by atoms with Crippen molar-refractivity contribution in [3.05, 3.63) is 29.8 Å². The minimum atomic E-state index is -0.322. The molecule has 1 N–H and O–H groups in total. The summed E-state index contributed by atoms with van der Waals surface area (Å²) in [6, 6.07) is 6.74. The van der Waals surface area contributed by atoms with Gasteiger partial charge in [0.2, 0.25) is 0 Å². The lowest BCUT2D eigenvalue weighted by Gasteiger charge is -2.21. The van der Waals surface area contributed by atoms with E-state index in [4.69, 9.17) is 4.74 Å². The van der Waals surface area contributed by atoms with Gasteiger partial charge in [-0.05, 0) is 50.7 Å². The number of unbranched alkanes of at least 4 members (excludes halogenated alkanes) is 1. The molecule has 1 heterocycles. The smallest absolute Gasteiger partial charge is 0.338 e. The van der Waals surface area contributed by atoms with Gasteiger partial charge >= 0.3 is 12.0 Å². The maximum absolute atomic E-state index is 12.3. The molecule has 2 amide bonds. The van der Waals surface area contributed by atoms with Crippen molar-refractivity contribution >= 4 is 17.7 Å². The monoisotopic (exact) mass is 333 g/mol. The van der Waals surface area contributed by atoms with Crippen LogP contribution in [0.25, 0.3) is 0 Å². The van der Waals surface area contributed by atoms with Crippen LogP contribution >= 0.6 is 0 Å². The predicted octanol–water partition coefficient (Wildman–Crippen LogP) is 2.81. The highest BCUT2D eigenvalue weighted by molar-refractivity contribution is 5.92. The lowest BCUT2D eigenvalue weighted by Crippen LogP contribution is -2.37. The Morgan fingerprint density at radius 3 is 2.58 bits per heavy atom. The Morgan fingerprint density at radius 1 is 1.12 bits per heavy atom. The van der Waals surface area contributed by atoms with Gasteiger partial charge in [-0.3, -0.25) is 0 Å². The van der Waals surface area contributed by atoms with Crippen molar-refractivity contribution in [2.24, 2.45) is 0 Å². The number of anilines is 1. The number of likely N-dealkylation sites (N-methyl/N-ethyl adjacent to an activating group) is 1. The van der Waals surface area contributed by atoms with Gasteiger partial charge in [0.15, 0.2) is 0 Å². The fourth-order valence-corrected chi connectivity index (χ4v) is 2.53. The van der Waals surface area contributed by atoms with Gasteiger partial charge < -0.3 is 19.9 Å². The zero-order valence-electron chi connectivity index (χ0n) is 14.6. The Morgan fingerprint density at radius 2 is 1.88 bits per heavy atom. The molecule has 6 nitrogen and oxygen atoms in total. The van der Waals surface area contributed by atoms with Crippen molar-refractivity contribution in [3.63, 3.8) is 0 Å². The molecule has 0 atom stereocenters. The molecule has 6 heteroatoms. The second-order valence-electron chi connectivity index (χ2n) is 6.14. The Labute approximate surface area is 143 Å². The van der Waals surface area contributed by atoms with Crippen molar-refractivity contribution in [1.29, 1.82) is 0 Å². The van der Waals surface area contributed by atoms with E-state index in [1.807, 2.05) is 11.8 Å². The third kappa shape index (κ3) is 5.53. The van der Waals surface area contributed by atoms with Crippen LogP contribution in [0.1, 0.15) is 36.5 Å². The summed E-state index contributed by atoms with van der Waals surface area (Å²) >= 11 is 0. The minimum Gasteiger partial charge on any atom is -0.462 e. The molecule has 0 aromatic heterocycles. The number of esters is 1. The first-order valence-electron chi connectivity index (χ1n) is 8.62. The van der Waals surface area contributed by atoms with Crippen molar-refractivity contribution < 1.29 is 14.3 Å². The molecular formula is C18H27N3O3. The molecule has 0 bridgehead atoms. The molecule has 1 saturated heterocycles. The van der Waals surface area contributed by atoms with E-state index < -0.39 is 0 Å². The molecule has 0 spiro atoms. The SMILES string of the molecule is CCCCOC(=O)c1ccc(NC(=O)N2CCCN(C)CC2)cc1. The summed E-state index contributed by atoms with van der Waals surface area (Å²) in [4.78, 5) is 28.2. The zero-order valence-corrected chi connectivity index (χ0v) is 14.6. The third-order valence-electron chi connectivity index (χ3n) is 4.11. The van der Waals surface area contributed by atoms with E-state index in [0.717, 1.165) is 45.4 Å². The molecule has 1 aliphatic rings. The Hall–Kier alpha value is -2.08. The highest BCUT2D eigenvalue weighted by Crippen LogP contribution is 2.12. The van der Waals surface area contributed by atoms with Crippen LogP contribution in [-0.4, -0.2) is 61.6 Å². The van der Waals surface area contributed by atoms with Crippen molar-refractivity contribution in [2.75, 3.05) is 45.2 Å². The van der Waals surface area contributed by atoms with E-state index in [9.17, 15) is 9.59 Å². The third-order valence-corrected chi connectivity index (χ3v) is 4.11. The first-order chi connectivity index (χ1) is 11.6. The summed E-state index contributed by atoms with van der Waals surface area (Å²) < 4.78 is 5.17. The number of nitrogens with zero attached hydrogens (tertiary/aromatic N) is 2. The van der Waals surface area contributed by atoms with Crippen molar-refractivity contribution in [1.82, 2.24) is 9.80 Å². The average molecular weight is 333 g/mol. The van der Waals surface area contributed by atoms with Crippen LogP contribution in [0.2, 0.25) is 0 Å². The Bertz CT molecular complexity index is 545. The summed E-state index contributed by atoms with van der Waals surface area (Å²) in [5, 5.41) is 2.89. The summed E-state index contributed by atoms with van der Waals surface area (Å²) in [6.45, 7) is 5.88. The van der Waals surface area contributed by atoms with E-state index in [-0.39, 0.29) is 12.0 Å². The first-order valence-corrected chi connectivity index (χ1v) is 8.62. The first kappa shape index (κ1) is 18.3. The number of hydrogen-bond acceptors (Lipinski definition) is 4. The zero-order chi connectivity index (χ0) is 17.4. The van der Waals surface area contributed by atoms with E-state index >= 15 is 0 Å². The van der Waals surface area contributed by atoms with Gasteiger partial charge in [-0.1, -0.05) is 13.3 Å². The molecule has 1 aromatic rings. The molecule has 2 rings (SSSR count). The minimum absolute atomic E-state index is 0.0939. The number of rotatable bonds is 5. The number of ether oxygens (including phenoxy) is 1. The highest BCUT2D eigenvalue weighted by atomic mass is 16.5. The summed E-state index contributed by atoms with van der Waals surface area (Å²) in [7, 11) is 2.07. The molecule has 1 aliphatic heterocycles. The molecule has 0 radical (unpaired) electrons. The molecule has 24 heavy (non-hydrogen) atoms. The van der Waals surface area contributed by atoms with Crippen LogP contribution in [0.15, 0.2) is 24.3 Å². The topological polar surface area (TPSA) is 61.9 Å². The number of amides is 2. The summed E-state index contributed by atoms with van der Waals surface area (Å²) in [5.74, 6) is -0.322. The van der Waals surface area contributed by atoms with Gasteiger partial charge in [0.1, 0.15) is 0 Å². The standard InChI is InChI=1S/C18H27N3O3/c1-3-4-14-24-17(22)15-6-8-16(9-7-15)19-18(23)21-11-5-10-20(2)12-13-21/h6-9H,3-5,10-14H2,1-2H3,(H,19,23). The molecule has 0 saturated carbocycles. The van der Waals surface area contributed by atoms with Gasteiger partial charge in [0.25, 0.3) is 0 Å². The molecule has 132 valence electrons. The predicted molar refractivity (Wildman–Crippen MR) is 94.3 cm³/mol. The number of carbonyl (C=O) groups excluding carboxylic acids is 2. The maximum Gasteiger partial charge on any atom is 0.338 e. The van der Waals surface area contributed by atoms with Gasteiger partial charge in [-0.25, -0.2) is 9.59 Å². The van der Waals surface area contributed by atoms with Crippen LogP contribution in [0.4, 0.5) is 10.5 Å². The maximum atomic E-state index is 12.3. The summed E-state index contributed by atoms with van der Waals surface area (Å²) in [6.07, 6.45) is 2.84. The van der Waals surface area contributed by atoms with Crippen molar-refractivity contribution in [2.45, 2.75) is 26.2 Å². The lowest BCUT2D eigenvalue weighted by atomic mass is 10.2. The van der Waals surface area contributed by atoms with Crippen LogP contribution < -0.4 is 5.32 Å². The van der Waals surface area contributed by atoms with Crippen LogP contribution in [0.3, 0.4) is 0 Å². The van der Waals surface area contributed by atoms with Crippen LogP contribution in [0.5, 0.6) is 0 Å². The number of hydrogen-bond donors (Lipinski definition) is 1.